The van der Waals surface area contributed by atoms with Crippen LogP contribution in [-0.4, -0.2) is 393 Å². The second kappa shape index (κ2) is 74.1. The first kappa shape index (κ1) is 139. The lowest BCUT2D eigenvalue weighted by Crippen LogP contribution is -2.39. The second-order valence-electron chi connectivity index (χ2n) is 39.8. The largest absolute Gasteiger partial charge is 0.466 e. The van der Waals surface area contributed by atoms with Crippen LogP contribution in [0.4, 0.5) is 0 Å². The third kappa shape index (κ3) is 56.0. The quantitative estimate of drug-likeness (QED) is 0.0119. The standard InChI is InChI=1S/C90H182O40Si10.CH4/c1-72(82(102)122-35-23-45-132(13,63-92)112-3)54-74(84(104)124-37-25-47-134(15,65-94)114-5)56-76(86(106)126-39-27-49-136(17,67-96)116-7)58-78(88(108)128-41-29-51-138(19,69-98)118-9)60-80(90(110)130-43-31-53-140(21,71-100)120-11)61-79(89(109)129-42-30-52-139(20,70-99)119-10)59-77(87(107)127-40-28-50-137(18,68-97)117-8)57-75(85(105)125-38-26-48-135(16,66-95)115-6)55-73(83(103)123-36-24-46-133(14,64-93)113-4)32-33-81(101)121-34-22-44-131(12,62-91)111-2;/h72-80,91-100H,22-71H2,1-21H3;1H4. The van der Waals surface area contributed by atoms with Gasteiger partial charge in [-0.1, -0.05) is 14.4 Å². The molecule has 0 saturated heterocycles. The Hall–Kier alpha value is -3.93. The van der Waals surface area contributed by atoms with Crippen molar-refractivity contribution in [3.05, 3.63) is 0 Å². The molecule has 0 aromatic heterocycles. The zero-order valence-corrected chi connectivity index (χ0v) is 98.3. The van der Waals surface area contributed by atoms with E-state index >= 15 is 33.6 Å². The Morgan fingerprint density at radius 1 is 0.199 bits per heavy atom. The predicted molar refractivity (Wildman–Crippen MR) is 551 cm³/mol. The summed E-state index contributed by atoms with van der Waals surface area (Å²) in [5.41, 5.74) is 0. The first-order chi connectivity index (χ1) is 66.0. The number of ether oxygens (including phenoxy) is 10. The summed E-state index contributed by atoms with van der Waals surface area (Å²) in [6.45, 7) is 16.9. The minimum Gasteiger partial charge on any atom is -0.466 e. The smallest absolute Gasteiger partial charge is 0.308 e. The second-order valence-corrected chi connectivity index (χ2v) is 81.0. The fourth-order valence-corrected chi connectivity index (χ4v) is 29.2. The average Bonchev–Trinajstić information content (AvgIpc) is 0.820. The summed E-state index contributed by atoms with van der Waals surface area (Å²) in [7, 11) is -12.7. The van der Waals surface area contributed by atoms with Crippen molar-refractivity contribution in [1.29, 1.82) is 0 Å². The van der Waals surface area contributed by atoms with E-state index in [1.54, 1.807) is 52.4 Å². The molecule has 0 saturated carbocycles. The van der Waals surface area contributed by atoms with Gasteiger partial charge >= 0.3 is 59.7 Å². The molecule has 0 aromatic rings. The van der Waals surface area contributed by atoms with Crippen LogP contribution in [0.5, 0.6) is 0 Å². The molecule has 50 heteroatoms. The number of carbonyl (C=O) groups is 10. The number of carbonyl (C=O) groups excluding carboxylic acids is 10. The maximum absolute atomic E-state index is 16.0. The molecule has 0 spiro atoms. The molecule has 0 aliphatic rings. The fraction of sp³-hybridized carbons (Fsp3) is 0.890. The number of aliphatic hydroxyl groups is 10. The molecule has 10 N–H and O–H groups in total. The number of rotatable bonds is 88. The molecular weight excluding hydrogens is 2010 g/mol. The van der Waals surface area contributed by atoms with E-state index in [-0.39, 0.29) is 224 Å². The highest BCUT2D eigenvalue weighted by Gasteiger charge is 2.45. The van der Waals surface area contributed by atoms with Gasteiger partial charge in [0.15, 0.2) is 0 Å². The topological polar surface area (TPSA) is 558 Å². The highest BCUT2D eigenvalue weighted by atomic mass is 28.4. The van der Waals surface area contributed by atoms with Gasteiger partial charge in [-0.2, -0.15) is 0 Å². The molecule has 0 fully saturated rings. The van der Waals surface area contributed by atoms with E-state index in [0.717, 1.165) is 0 Å². The third-order valence-corrected chi connectivity index (χ3v) is 58.3. The SMILES string of the molecule is C.CO[Si](C)(CO)CCCOC(=O)CCC(CC(CC(CC(CC(CC(CC(CC(CC(C)C(=O)OCCC[Si](C)(CO)OC)C(=O)OCCC[Si](C)(CO)OC)C(=O)OCCC[Si](C)(CO)OC)C(=O)OCCC[Si](C)(CO)OC)C(=O)OCCC[Si](C)(CO)OC)C(=O)OCCC[Si](C)(CO)OC)C(=O)OCCC[Si](C)(CO)OC)C(=O)OCCC[Si](C)(CO)OC)C(=O)OCCC[Si](C)(CO)OC. The molecule has 0 aliphatic carbocycles. The van der Waals surface area contributed by atoms with Crippen molar-refractivity contribution in [2.45, 2.75) is 269 Å². The van der Waals surface area contributed by atoms with Crippen LogP contribution in [0.1, 0.15) is 143 Å². The minimum absolute atomic E-state index is 0. The first-order valence-electron chi connectivity index (χ1n) is 49.3. The molecule has 0 radical (unpaired) electrons. The first-order valence-corrected chi connectivity index (χ1v) is 77.5. The van der Waals surface area contributed by atoms with Gasteiger partial charge in [-0.25, -0.2) is 0 Å². The molecule has 0 aliphatic heterocycles. The maximum Gasteiger partial charge on any atom is 0.308 e. The Balaban J connectivity index is 0. The normalized spacial score (nSPS) is 18.0. The molecule has 830 valence electrons. The monoisotopic (exact) mass is 2200 g/mol. The molecular formula is C91H186O40Si10. The van der Waals surface area contributed by atoms with Gasteiger partial charge in [0, 0.05) is 77.5 Å². The zero-order valence-electron chi connectivity index (χ0n) is 88.3. The van der Waals surface area contributed by atoms with Crippen LogP contribution < -0.4 is 0 Å². The van der Waals surface area contributed by atoms with Crippen LogP contribution in [0.2, 0.25) is 126 Å². The van der Waals surface area contributed by atoms with Gasteiger partial charge in [-0.15, -0.1) is 0 Å². The third-order valence-electron chi connectivity index (χ3n) is 27.6. The zero-order chi connectivity index (χ0) is 106. The van der Waals surface area contributed by atoms with Crippen LogP contribution in [0, 0.1) is 53.3 Å². The van der Waals surface area contributed by atoms with Gasteiger partial charge in [-0.05, 0) is 248 Å². The molecule has 0 rings (SSSR count). The van der Waals surface area contributed by atoms with Crippen LogP contribution >= 0.6 is 0 Å². The van der Waals surface area contributed by atoms with E-state index in [1.165, 1.54) is 78.0 Å². The summed E-state index contributed by atoms with van der Waals surface area (Å²) in [6.07, 6.45) is -6.13. The lowest BCUT2D eigenvalue weighted by Gasteiger charge is -2.30. The molecule has 19 unspecified atom stereocenters. The highest BCUT2D eigenvalue weighted by molar-refractivity contribution is 6.75. The maximum atomic E-state index is 16.0. The minimum atomic E-state index is -2.84. The number of hydrogen-bond donors (Lipinski definition) is 10. The molecule has 0 amide bonds. The summed E-state index contributed by atoms with van der Waals surface area (Å²) >= 11 is 0. The Kier molecular flexibility index (Phi) is 73.1. The molecule has 19 atom stereocenters. The Labute approximate surface area is 849 Å². The van der Waals surface area contributed by atoms with Gasteiger partial charge in [0.25, 0.3) is 0 Å². The van der Waals surface area contributed by atoms with E-state index in [9.17, 15) is 65.4 Å². The van der Waals surface area contributed by atoms with Crippen molar-refractivity contribution in [3.63, 3.8) is 0 Å². The van der Waals surface area contributed by atoms with E-state index in [4.69, 9.17) is 91.6 Å². The number of esters is 10. The van der Waals surface area contributed by atoms with Gasteiger partial charge in [-0.3, -0.25) is 47.9 Å². The molecule has 40 nitrogen and oxygen atoms in total. The lowest BCUT2D eigenvalue weighted by atomic mass is 9.77. The van der Waals surface area contributed by atoms with Crippen LogP contribution in [0.15, 0.2) is 0 Å². The van der Waals surface area contributed by atoms with E-state index < -0.39 is 247 Å². The van der Waals surface area contributed by atoms with Crippen molar-refractivity contribution < 1.29 is 191 Å². The Morgan fingerprint density at radius 2 is 0.326 bits per heavy atom. The number of aliphatic hydroxyl groups excluding tert-OH is 10. The van der Waals surface area contributed by atoms with Gasteiger partial charge < -0.3 is 143 Å². The van der Waals surface area contributed by atoms with E-state index in [0.29, 0.717) is 49.1 Å². The molecule has 0 heterocycles. The van der Waals surface area contributed by atoms with Crippen LogP contribution in [0.25, 0.3) is 0 Å². The number of hydrogen-bond acceptors (Lipinski definition) is 40. The van der Waals surface area contributed by atoms with Gasteiger partial charge in [0.05, 0.1) is 182 Å². The Bertz CT molecular complexity index is 3440. The van der Waals surface area contributed by atoms with Gasteiger partial charge in [0.2, 0.25) is 83.2 Å². The summed E-state index contributed by atoms with van der Waals surface area (Å²) in [6, 6.07) is 3.16. The van der Waals surface area contributed by atoms with Crippen molar-refractivity contribution in [2.24, 2.45) is 53.3 Å². The molecule has 0 bridgehead atoms. The Morgan fingerprint density at radius 3 is 0.475 bits per heavy atom. The summed E-state index contributed by atoms with van der Waals surface area (Å²) < 4.78 is 118. The average molecular weight is 2200 g/mol. The van der Waals surface area contributed by atoms with Gasteiger partial charge in [0.1, 0.15) is 0 Å². The summed E-state index contributed by atoms with van der Waals surface area (Å²) in [4.78, 5) is 153. The summed E-state index contributed by atoms with van der Waals surface area (Å²) in [5, 5.41) is 104. The lowest BCUT2D eigenvalue weighted by molar-refractivity contribution is -0.159. The van der Waals surface area contributed by atoms with E-state index in [2.05, 4.69) is 0 Å². The predicted octanol–water partition coefficient (Wildman–Crippen LogP) is 7.95. The van der Waals surface area contributed by atoms with Crippen LogP contribution in [0.3, 0.4) is 0 Å². The summed E-state index contributed by atoms with van der Waals surface area (Å²) in [5.74, 6) is -22.9. The van der Waals surface area contributed by atoms with Crippen molar-refractivity contribution in [1.82, 2.24) is 0 Å². The van der Waals surface area contributed by atoms with Crippen molar-refractivity contribution >= 4 is 143 Å². The van der Waals surface area contributed by atoms with Crippen LogP contribution in [-0.2, 0) is 140 Å². The van der Waals surface area contributed by atoms with Crippen molar-refractivity contribution in [2.75, 3.05) is 199 Å². The van der Waals surface area contributed by atoms with E-state index in [1.807, 2.05) is 13.1 Å². The van der Waals surface area contributed by atoms with Crippen molar-refractivity contribution in [3.8, 4) is 0 Å². The molecule has 0 aromatic carbocycles. The fourth-order valence-electron chi connectivity index (χ4n) is 15.4. The molecule has 141 heavy (non-hydrogen) atoms. The highest BCUT2D eigenvalue weighted by Crippen LogP contribution is 2.39.